The maximum Gasteiger partial charge on any atom is 0.272 e. The third-order valence-electron chi connectivity index (χ3n) is 2.84. The summed E-state index contributed by atoms with van der Waals surface area (Å²) in [5, 5.41) is 13.6. The van der Waals surface area contributed by atoms with E-state index in [4.69, 9.17) is 0 Å². The van der Waals surface area contributed by atoms with Gasteiger partial charge >= 0.3 is 0 Å². The molecule has 6 heteroatoms. The lowest BCUT2D eigenvalue weighted by Gasteiger charge is -2.01. The average Bonchev–Trinajstić information content (AvgIpc) is 3.17. The minimum Gasteiger partial charge on any atom is -0.345 e. The highest BCUT2D eigenvalue weighted by Crippen LogP contribution is 2.06. The molecule has 2 heterocycles. The highest BCUT2D eigenvalue weighted by molar-refractivity contribution is 5.92. The van der Waals surface area contributed by atoms with Crippen LogP contribution in [0.4, 0.5) is 0 Å². The van der Waals surface area contributed by atoms with Crippen LogP contribution in [0.5, 0.6) is 0 Å². The van der Waals surface area contributed by atoms with Crippen LogP contribution in [0.25, 0.3) is 5.69 Å². The summed E-state index contributed by atoms with van der Waals surface area (Å²) in [7, 11) is 0. The smallest absolute Gasteiger partial charge is 0.272 e. The van der Waals surface area contributed by atoms with Gasteiger partial charge in [0.1, 0.15) is 0 Å². The summed E-state index contributed by atoms with van der Waals surface area (Å²) in [4.78, 5) is 12.0. The Morgan fingerprint density at radius 1 is 1.20 bits per heavy atom. The highest BCUT2D eigenvalue weighted by atomic mass is 16.1. The largest absolute Gasteiger partial charge is 0.345 e. The molecule has 0 spiro atoms. The summed E-state index contributed by atoms with van der Waals surface area (Å²) in [6.45, 7) is 0.400. The van der Waals surface area contributed by atoms with Crippen molar-refractivity contribution in [2.24, 2.45) is 0 Å². The van der Waals surface area contributed by atoms with Crippen molar-refractivity contribution >= 4 is 5.91 Å². The van der Waals surface area contributed by atoms with E-state index < -0.39 is 0 Å². The van der Waals surface area contributed by atoms with Crippen LogP contribution in [0.1, 0.15) is 16.2 Å². The molecular formula is C14H13N5O. The molecule has 0 bridgehead atoms. The summed E-state index contributed by atoms with van der Waals surface area (Å²) in [5.41, 5.74) is 2.15. The lowest BCUT2D eigenvalue weighted by molar-refractivity contribution is 0.0945. The van der Waals surface area contributed by atoms with Gasteiger partial charge in [0.25, 0.3) is 5.91 Å². The zero-order chi connectivity index (χ0) is 13.8. The molecule has 0 aliphatic heterocycles. The number of nitrogens with one attached hydrogen (secondary N) is 2. The zero-order valence-electron chi connectivity index (χ0n) is 10.7. The fourth-order valence-corrected chi connectivity index (χ4v) is 1.82. The number of amides is 1. The van der Waals surface area contributed by atoms with Crippen molar-refractivity contribution in [2.45, 2.75) is 6.54 Å². The van der Waals surface area contributed by atoms with Crippen LogP contribution < -0.4 is 5.32 Å². The Hall–Kier alpha value is -2.89. The molecule has 0 aliphatic rings. The van der Waals surface area contributed by atoms with Crippen molar-refractivity contribution in [1.29, 1.82) is 0 Å². The first-order valence-corrected chi connectivity index (χ1v) is 6.20. The number of hydrogen-bond acceptors (Lipinski definition) is 3. The Balaban J connectivity index is 1.69. The number of nitrogens with zero attached hydrogens (tertiary/aromatic N) is 3. The van der Waals surface area contributed by atoms with E-state index in [1.54, 1.807) is 23.1 Å². The maximum absolute atomic E-state index is 12.0. The number of rotatable bonds is 4. The summed E-state index contributed by atoms with van der Waals surface area (Å²) < 4.78 is 1.67. The molecule has 0 unspecified atom stereocenters. The molecule has 6 nitrogen and oxygen atoms in total. The predicted octanol–water partition coefficient (Wildman–Crippen LogP) is 1.53. The first kappa shape index (κ1) is 12.2. The van der Waals surface area contributed by atoms with E-state index in [9.17, 15) is 4.79 Å². The van der Waals surface area contributed by atoms with Crippen LogP contribution in [0.15, 0.2) is 54.9 Å². The van der Waals surface area contributed by atoms with Gasteiger partial charge in [-0.2, -0.15) is 10.2 Å². The van der Waals surface area contributed by atoms with E-state index in [1.807, 2.05) is 36.4 Å². The second-order valence-corrected chi connectivity index (χ2v) is 4.25. The number of aromatic nitrogens is 4. The molecule has 0 radical (unpaired) electrons. The van der Waals surface area contributed by atoms with E-state index in [-0.39, 0.29) is 5.91 Å². The molecule has 2 N–H and O–H groups in total. The average molecular weight is 267 g/mol. The lowest BCUT2D eigenvalue weighted by atomic mass is 10.3. The second kappa shape index (κ2) is 5.40. The van der Waals surface area contributed by atoms with Crippen LogP contribution in [0.2, 0.25) is 0 Å². The number of aromatic amines is 1. The van der Waals surface area contributed by atoms with Crippen LogP contribution in [-0.2, 0) is 6.54 Å². The normalized spacial score (nSPS) is 10.4. The first-order chi connectivity index (χ1) is 9.83. The van der Waals surface area contributed by atoms with Gasteiger partial charge in [-0.1, -0.05) is 18.2 Å². The molecule has 100 valence electrons. The molecule has 3 rings (SSSR count). The Labute approximate surface area is 115 Å². The van der Waals surface area contributed by atoms with E-state index in [0.717, 1.165) is 11.4 Å². The van der Waals surface area contributed by atoms with Crippen molar-refractivity contribution in [3.05, 3.63) is 66.2 Å². The highest BCUT2D eigenvalue weighted by Gasteiger charge is 2.09. The summed E-state index contributed by atoms with van der Waals surface area (Å²) in [6, 6.07) is 13.1. The summed E-state index contributed by atoms with van der Waals surface area (Å²) >= 11 is 0. The molecule has 1 amide bonds. The Bertz CT molecular complexity index is 687. The molecule has 2 aromatic heterocycles. The van der Waals surface area contributed by atoms with Gasteiger partial charge in [-0.3, -0.25) is 9.89 Å². The Morgan fingerprint density at radius 2 is 2.05 bits per heavy atom. The summed E-state index contributed by atoms with van der Waals surface area (Å²) in [6.07, 6.45) is 3.41. The predicted molar refractivity (Wildman–Crippen MR) is 73.3 cm³/mol. The quantitative estimate of drug-likeness (QED) is 0.752. The van der Waals surface area contributed by atoms with Gasteiger partial charge in [0.05, 0.1) is 17.9 Å². The number of H-pyrrole nitrogens is 1. The van der Waals surface area contributed by atoms with Gasteiger partial charge < -0.3 is 5.32 Å². The number of para-hydroxylation sites is 1. The molecular weight excluding hydrogens is 254 g/mol. The first-order valence-electron chi connectivity index (χ1n) is 6.20. The van der Waals surface area contributed by atoms with Crippen molar-refractivity contribution in [3.8, 4) is 5.69 Å². The second-order valence-electron chi connectivity index (χ2n) is 4.25. The number of carbonyl (C=O) groups excluding carboxylic acids is 1. The number of hydrogen-bond donors (Lipinski definition) is 2. The third-order valence-corrected chi connectivity index (χ3v) is 2.84. The van der Waals surface area contributed by atoms with Gasteiger partial charge in [-0.15, -0.1) is 0 Å². The van der Waals surface area contributed by atoms with E-state index in [2.05, 4.69) is 20.6 Å². The van der Waals surface area contributed by atoms with Crippen LogP contribution >= 0.6 is 0 Å². The topological polar surface area (TPSA) is 75.6 Å². The standard InChI is InChI=1S/C14H13N5O/c20-14(15-10-11-6-8-16-17-11)13-7-9-19(18-13)12-4-2-1-3-5-12/h1-9H,10H2,(H,15,20)(H,16,17). The Kier molecular flexibility index (Phi) is 3.28. The van der Waals surface area contributed by atoms with Crippen molar-refractivity contribution in [1.82, 2.24) is 25.3 Å². The van der Waals surface area contributed by atoms with Crippen molar-refractivity contribution in [2.75, 3.05) is 0 Å². The lowest BCUT2D eigenvalue weighted by Crippen LogP contribution is -2.23. The van der Waals surface area contributed by atoms with Crippen molar-refractivity contribution < 1.29 is 4.79 Å². The van der Waals surface area contributed by atoms with Crippen LogP contribution in [0, 0.1) is 0 Å². The van der Waals surface area contributed by atoms with Gasteiger partial charge in [0.15, 0.2) is 5.69 Å². The molecule has 1 aromatic carbocycles. The third kappa shape index (κ3) is 2.59. The molecule has 0 saturated carbocycles. The number of carbonyl (C=O) groups is 1. The fourth-order valence-electron chi connectivity index (χ4n) is 1.82. The maximum atomic E-state index is 12.0. The molecule has 0 fully saturated rings. The fraction of sp³-hybridized carbons (Fsp3) is 0.0714. The molecule has 0 saturated heterocycles. The molecule has 20 heavy (non-hydrogen) atoms. The van der Waals surface area contributed by atoms with Gasteiger partial charge in [-0.05, 0) is 24.3 Å². The van der Waals surface area contributed by atoms with Crippen molar-refractivity contribution in [3.63, 3.8) is 0 Å². The minimum absolute atomic E-state index is 0.214. The molecule has 0 aliphatic carbocycles. The zero-order valence-corrected chi connectivity index (χ0v) is 10.7. The van der Waals surface area contributed by atoms with Gasteiger partial charge in [0, 0.05) is 12.4 Å². The van der Waals surface area contributed by atoms with E-state index in [0.29, 0.717) is 12.2 Å². The van der Waals surface area contributed by atoms with E-state index in [1.165, 1.54) is 0 Å². The van der Waals surface area contributed by atoms with Gasteiger partial charge in [0.2, 0.25) is 0 Å². The SMILES string of the molecule is O=C(NCc1ccn[nH]1)c1ccn(-c2ccccc2)n1. The minimum atomic E-state index is -0.214. The van der Waals surface area contributed by atoms with Crippen LogP contribution in [0.3, 0.4) is 0 Å². The van der Waals surface area contributed by atoms with Crippen LogP contribution in [-0.4, -0.2) is 25.9 Å². The molecule has 0 atom stereocenters. The Morgan fingerprint density at radius 3 is 2.80 bits per heavy atom. The molecule has 3 aromatic rings. The van der Waals surface area contributed by atoms with E-state index >= 15 is 0 Å². The van der Waals surface area contributed by atoms with Gasteiger partial charge in [-0.25, -0.2) is 4.68 Å². The monoisotopic (exact) mass is 267 g/mol. The number of benzene rings is 1. The summed E-state index contributed by atoms with van der Waals surface area (Å²) in [5.74, 6) is -0.214.